The number of nitrogens with two attached hydrogens (primary N) is 1. The van der Waals surface area contributed by atoms with Crippen LogP contribution in [0.2, 0.25) is 0 Å². The topological polar surface area (TPSA) is 94.3 Å². The molecule has 1 heterocycles. The van der Waals surface area contributed by atoms with Gasteiger partial charge in [-0.2, -0.15) is 0 Å². The molecule has 0 saturated heterocycles. The number of hydrogen-bond donors (Lipinski definition) is 2. The molecule has 0 spiro atoms. The van der Waals surface area contributed by atoms with E-state index in [0.29, 0.717) is 22.5 Å². The summed E-state index contributed by atoms with van der Waals surface area (Å²) in [5.41, 5.74) is 7.25. The lowest BCUT2D eigenvalue weighted by Gasteiger charge is -2.09. The Bertz CT molecular complexity index is 641. The van der Waals surface area contributed by atoms with E-state index in [4.69, 9.17) is 5.73 Å². The maximum Gasteiger partial charge on any atom is 0.337 e. The molecule has 102 valence electrons. The molecular weight excluding hydrogens is 258 g/mol. The number of amides is 1. The summed E-state index contributed by atoms with van der Waals surface area (Å²) < 4.78 is 4.62. The van der Waals surface area contributed by atoms with E-state index >= 15 is 0 Å². The lowest BCUT2D eigenvalue weighted by atomic mass is 10.1. The number of nitrogen functional groups attached to an aromatic ring is 1. The van der Waals surface area contributed by atoms with E-state index in [0.717, 1.165) is 0 Å². The Hall–Kier alpha value is -2.89. The largest absolute Gasteiger partial charge is 0.465 e. The van der Waals surface area contributed by atoms with E-state index in [1.165, 1.54) is 37.7 Å². The third kappa shape index (κ3) is 2.92. The first-order valence-electron chi connectivity index (χ1n) is 5.81. The Morgan fingerprint density at radius 1 is 1.15 bits per heavy atom. The van der Waals surface area contributed by atoms with Gasteiger partial charge in [0.2, 0.25) is 0 Å². The molecule has 1 amide bonds. The number of carbonyl (C=O) groups is 2. The van der Waals surface area contributed by atoms with Gasteiger partial charge >= 0.3 is 5.97 Å². The number of anilines is 2. The van der Waals surface area contributed by atoms with Crippen molar-refractivity contribution in [1.29, 1.82) is 0 Å². The van der Waals surface area contributed by atoms with Gasteiger partial charge in [-0.15, -0.1) is 0 Å². The average molecular weight is 271 g/mol. The van der Waals surface area contributed by atoms with Crippen molar-refractivity contribution in [3.63, 3.8) is 0 Å². The molecule has 6 heteroatoms. The number of hydrogen-bond acceptors (Lipinski definition) is 5. The molecule has 3 N–H and O–H groups in total. The lowest BCUT2D eigenvalue weighted by molar-refractivity contribution is 0.0600. The highest BCUT2D eigenvalue weighted by molar-refractivity contribution is 6.06. The van der Waals surface area contributed by atoms with Crippen LogP contribution in [0.5, 0.6) is 0 Å². The van der Waals surface area contributed by atoms with Crippen LogP contribution in [0.15, 0.2) is 42.7 Å². The molecule has 1 aromatic carbocycles. The third-order valence-electron chi connectivity index (χ3n) is 2.67. The van der Waals surface area contributed by atoms with Gasteiger partial charge in [0.15, 0.2) is 0 Å². The van der Waals surface area contributed by atoms with Gasteiger partial charge < -0.3 is 15.8 Å². The van der Waals surface area contributed by atoms with Crippen molar-refractivity contribution in [3.8, 4) is 0 Å². The second-order valence-corrected chi connectivity index (χ2v) is 3.98. The Morgan fingerprint density at radius 2 is 1.85 bits per heavy atom. The molecule has 2 rings (SSSR count). The number of nitrogens with zero attached hydrogens (tertiary/aromatic N) is 1. The van der Waals surface area contributed by atoms with Crippen LogP contribution in [0.3, 0.4) is 0 Å². The Kier molecular flexibility index (Phi) is 3.95. The molecule has 0 aliphatic carbocycles. The first-order chi connectivity index (χ1) is 9.61. The second-order valence-electron chi connectivity index (χ2n) is 3.98. The number of esters is 1. The lowest BCUT2D eigenvalue weighted by Crippen LogP contribution is -2.14. The highest BCUT2D eigenvalue weighted by Gasteiger charge is 2.11. The van der Waals surface area contributed by atoms with Crippen molar-refractivity contribution in [1.82, 2.24) is 4.98 Å². The number of ether oxygens (including phenoxy) is 1. The molecule has 0 radical (unpaired) electrons. The summed E-state index contributed by atoms with van der Waals surface area (Å²) in [6, 6.07) is 7.70. The molecule has 0 atom stereocenters. The molecule has 0 bridgehead atoms. The summed E-state index contributed by atoms with van der Waals surface area (Å²) in [7, 11) is 1.29. The first-order valence-corrected chi connectivity index (χ1v) is 5.81. The van der Waals surface area contributed by atoms with E-state index in [1.807, 2.05) is 0 Å². The minimum atomic E-state index is -0.496. The van der Waals surface area contributed by atoms with Crippen molar-refractivity contribution in [2.75, 3.05) is 18.2 Å². The Balaban J connectivity index is 2.25. The van der Waals surface area contributed by atoms with Gasteiger partial charge in [0.25, 0.3) is 5.91 Å². The molecule has 6 nitrogen and oxygen atoms in total. The highest BCUT2D eigenvalue weighted by atomic mass is 16.5. The van der Waals surface area contributed by atoms with Crippen LogP contribution in [-0.2, 0) is 4.74 Å². The average Bonchev–Trinajstić information content (AvgIpc) is 2.49. The molecule has 2 aromatic rings. The fraction of sp³-hybridized carbons (Fsp3) is 0.0714. The number of pyridine rings is 1. The highest BCUT2D eigenvalue weighted by Crippen LogP contribution is 2.21. The van der Waals surface area contributed by atoms with Gasteiger partial charge in [-0.25, -0.2) is 4.79 Å². The Labute approximate surface area is 115 Å². The van der Waals surface area contributed by atoms with Crippen LogP contribution < -0.4 is 11.1 Å². The second kappa shape index (κ2) is 5.83. The van der Waals surface area contributed by atoms with E-state index < -0.39 is 5.97 Å². The minimum absolute atomic E-state index is 0.312. The van der Waals surface area contributed by atoms with Crippen LogP contribution in [-0.4, -0.2) is 24.0 Å². The summed E-state index contributed by atoms with van der Waals surface area (Å²) in [4.78, 5) is 27.3. The summed E-state index contributed by atoms with van der Waals surface area (Å²) in [5, 5.41) is 2.65. The molecule has 0 aliphatic rings. The van der Waals surface area contributed by atoms with Gasteiger partial charge in [-0.3, -0.25) is 9.78 Å². The fourth-order valence-corrected chi connectivity index (χ4v) is 1.61. The van der Waals surface area contributed by atoms with Gasteiger partial charge in [0, 0.05) is 18.0 Å². The summed E-state index contributed by atoms with van der Waals surface area (Å²) in [6.45, 7) is 0. The van der Waals surface area contributed by atoms with Crippen LogP contribution >= 0.6 is 0 Å². The smallest absolute Gasteiger partial charge is 0.337 e. The molecular formula is C14H13N3O3. The standard InChI is InChI=1S/C14H13N3O3/c1-20-14(19)10-2-3-11(15)12(8-10)17-13(18)9-4-6-16-7-5-9/h2-8H,15H2,1H3,(H,17,18). The van der Waals surface area contributed by atoms with Crippen molar-refractivity contribution in [3.05, 3.63) is 53.9 Å². The van der Waals surface area contributed by atoms with Crippen molar-refractivity contribution < 1.29 is 14.3 Å². The minimum Gasteiger partial charge on any atom is -0.465 e. The maximum atomic E-state index is 12.0. The molecule has 20 heavy (non-hydrogen) atoms. The normalized spacial score (nSPS) is 9.85. The SMILES string of the molecule is COC(=O)c1ccc(N)c(NC(=O)c2ccncc2)c1. The van der Waals surface area contributed by atoms with Crippen LogP contribution in [0.1, 0.15) is 20.7 Å². The first kappa shape index (κ1) is 13.5. The predicted octanol–water partition coefficient (Wildman–Crippen LogP) is 1.70. The molecule has 0 fully saturated rings. The van der Waals surface area contributed by atoms with E-state index in [9.17, 15) is 9.59 Å². The number of aromatic nitrogens is 1. The number of nitrogens with one attached hydrogen (secondary N) is 1. The zero-order valence-corrected chi connectivity index (χ0v) is 10.8. The zero-order chi connectivity index (χ0) is 14.5. The van der Waals surface area contributed by atoms with E-state index in [1.54, 1.807) is 12.1 Å². The van der Waals surface area contributed by atoms with Gasteiger partial charge in [0.05, 0.1) is 24.0 Å². The van der Waals surface area contributed by atoms with E-state index in [2.05, 4.69) is 15.0 Å². The Morgan fingerprint density at radius 3 is 2.50 bits per heavy atom. The number of methoxy groups -OCH3 is 1. The van der Waals surface area contributed by atoms with Gasteiger partial charge in [-0.1, -0.05) is 0 Å². The molecule has 1 aromatic heterocycles. The quantitative estimate of drug-likeness (QED) is 0.654. The molecule has 0 aliphatic heterocycles. The fourth-order valence-electron chi connectivity index (χ4n) is 1.61. The summed E-state index contributed by atoms with van der Waals surface area (Å²) in [5.74, 6) is -0.828. The number of rotatable bonds is 3. The van der Waals surface area contributed by atoms with Gasteiger partial charge in [-0.05, 0) is 30.3 Å². The van der Waals surface area contributed by atoms with Crippen LogP contribution in [0.25, 0.3) is 0 Å². The summed E-state index contributed by atoms with van der Waals surface area (Å²) >= 11 is 0. The number of carbonyl (C=O) groups excluding carboxylic acids is 2. The molecule has 0 unspecified atom stereocenters. The van der Waals surface area contributed by atoms with Crippen LogP contribution in [0.4, 0.5) is 11.4 Å². The van der Waals surface area contributed by atoms with Gasteiger partial charge in [0.1, 0.15) is 0 Å². The molecule has 0 saturated carbocycles. The van der Waals surface area contributed by atoms with Crippen molar-refractivity contribution in [2.24, 2.45) is 0 Å². The summed E-state index contributed by atoms with van der Waals surface area (Å²) in [6.07, 6.45) is 3.03. The zero-order valence-electron chi connectivity index (χ0n) is 10.8. The number of benzene rings is 1. The third-order valence-corrected chi connectivity index (χ3v) is 2.67. The van der Waals surface area contributed by atoms with Crippen LogP contribution in [0, 0.1) is 0 Å². The van der Waals surface area contributed by atoms with E-state index in [-0.39, 0.29) is 5.91 Å². The maximum absolute atomic E-state index is 12.0. The predicted molar refractivity (Wildman–Crippen MR) is 74.4 cm³/mol. The van der Waals surface area contributed by atoms with Crippen molar-refractivity contribution >= 4 is 23.3 Å². The monoisotopic (exact) mass is 271 g/mol. The van der Waals surface area contributed by atoms with Crippen molar-refractivity contribution in [2.45, 2.75) is 0 Å².